The van der Waals surface area contributed by atoms with E-state index in [2.05, 4.69) is 15.2 Å². The Morgan fingerprint density at radius 3 is 2.69 bits per heavy atom. The van der Waals surface area contributed by atoms with Crippen LogP contribution in [0.25, 0.3) is 0 Å². The van der Waals surface area contributed by atoms with Gasteiger partial charge in [0.05, 0.1) is 18.3 Å². The molecule has 1 fully saturated rings. The van der Waals surface area contributed by atoms with Gasteiger partial charge in [-0.25, -0.2) is 8.78 Å². The predicted octanol–water partition coefficient (Wildman–Crippen LogP) is 3.85. The summed E-state index contributed by atoms with van der Waals surface area (Å²) in [6, 6.07) is 15.8. The van der Waals surface area contributed by atoms with E-state index in [1.54, 1.807) is 6.20 Å². The van der Waals surface area contributed by atoms with Crippen molar-refractivity contribution in [2.24, 2.45) is 5.92 Å². The number of carbonyl (C=O) groups is 1. The Bertz CT molecular complexity index is 1120. The average molecular weight is 482 g/mol. The van der Waals surface area contributed by atoms with Crippen LogP contribution in [0, 0.1) is 17.6 Å². The third-order valence-corrected chi connectivity index (χ3v) is 6.25. The molecule has 0 saturated carbocycles. The summed E-state index contributed by atoms with van der Waals surface area (Å²) in [6.45, 7) is 2.14. The molecule has 2 aromatic carbocycles. The molecule has 0 spiro atoms. The fraction of sp³-hybridized carbons (Fsp3) is 0.333. The Kier molecular flexibility index (Phi) is 8.39. The van der Waals surface area contributed by atoms with Crippen molar-refractivity contribution in [3.8, 4) is 5.75 Å². The first kappa shape index (κ1) is 24.8. The number of rotatable bonds is 9. The fourth-order valence-electron chi connectivity index (χ4n) is 4.30. The average Bonchev–Trinajstić information content (AvgIpc) is 2.90. The van der Waals surface area contributed by atoms with Gasteiger partial charge in [0.2, 0.25) is 5.91 Å². The topological polar surface area (TPSA) is 74.7 Å². The number of piperidine rings is 1. The zero-order valence-electron chi connectivity index (χ0n) is 19.4. The molecule has 2 heterocycles. The van der Waals surface area contributed by atoms with Gasteiger partial charge in [0.1, 0.15) is 12.4 Å². The number of carbonyl (C=O) groups excluding carboxylic acids is 1. The molecule has 1 saturated heterocycles. The highest BCUT2D eigenvalue weighted by atomic mass is 19.1. The monoisotopic (exact) mass is 481 g/mol. The molecule has 1 aliphatic heterocycles. The Morgan fingerprint density at radius 2 is 1.94 bits per heavy atom. The van der Waals surface area contributed by atoms with E-state index in [1.807, 2.05) is 42.5 Å². The van der Waals surface area contributed by atoms with Crippen molar-refractivity contribution >= 4 is 5.91 Å². The molecule has 1 aliphatic rings. The summed E-state index contributed by atoms with van der Waals surface area (Å²) in [5.41, 5.74) is 2.37. The number of hydrogen-bond donors (Lipinski definition) is 2. The van der Waals surface area contributed by atoms with E-state index in [9.17, 15) is 18.7 Å². The minimum absolute atomic E-state index is 0.0345. The second kappa shape index (κ2) is 11.9. The van der Waals surface area contributed by atoms with Crippen LogP contribution in [-0.4, -0.2) is 47.1 Å². The molecule has 2 N–H and O–H groups in total. The summed E-state index contributed by atoms with van der Waals surface area (Å²) in [5, 5.41) is 12.7. The number of hydrogen-bond acceptors (Lipinski definition) is 5. The highest BCUT2D eigenvalue weighted by molar-refractivity contribution is 5.79. The van der Waals surface area contributed by atoms with Crippen LogP contribution in [0.15, 0.2) is 66.9 Å². The molecule has 3 aromatic rings. The standard InChI is InChI=1S/C27H29F2N3O3/c28-22-7-8-23(29)25(17-22)35-15-14-32-12-9-20(10-13-32)27(34)31-26(24-6-1-2-11-30-24)21-5-3-4-19(16-21)18-33/h1-8,11,16-17,20,26,33H,9-10,12-15,18H2,(H,31,34). The molecular formula is C27H29F2N3O3. The third-order valence-electron chi connectivity index (χ3n) is 6.25. The van der Waals surface area contributed by atoms with Gasteiger partial charge in [-0.05, 0) is 61.3 Å². The van der Waals surface area contributed by atoms with Crippen molar-refractivity contribution in [2.45, 2.75) is 25.5 Å². The van der Waals surface area contributed by atoms with Crippen LogP contribution < -0.4 is 10.1 Å². The number of likely N-dealkylation sites (tertiary alicyclic amines) is 1. The maximum atomic E-state index is 13.7. The van der Waals surface area contributed by atoms with Gasteiger partial charge >= 0.3 is 0 Å². The molecule has 1 atom stereocenters. The number of pyridine rings is 1. The highest BCUT2D eigenvalue weighted by Crippen LogP contribution is 2.25. The van der Waals surface area contributed by atoms with Gasteiger partial charge in [0.25, 0.3) is 0 Å². The summed E-state index contributed by atoms with van der Waals surface area (Å²) < 4.78 is 32.4. The molecule has 1 amide bonds. The van der Waals surface area contributed by atoms with E-state index >= 15 is 0 Å². The number of benzene rings is 2. The van der Waals surface area contributed by atoms with E-state index in [1.165, 1.54) is 0 Å². The lowest BCUT2D eigenvalue weighted by atomic mass is 9.94. The first-order chi connectivity index (χ1) is 17.0. The second-order valence-corrected chi connectivity index (χ2v) is 8.64. The first-order valence-corrected chi connectivity index (χ1v) is 11.7. The lowest BCUT2D eigenvalue weighted by Crippen LogP contribution is -2.43. The van der Waals surface area contributed by atoms with Crippen molar-refractivity contribution in [3.63, 3.8) is 0 Å². The van der Waals surface area contributed by atoms with Crippen molar-refractivity contribution < 1.29 is 23.4 Å². The van der Waals surface area contributed by atoms with Crippen LogP contribution in [0.2, 0.25) is 0 Å². The molecule has 35 heavy (non-hydrogen) atoms. The number of amides is 1. The van der Waals surface area contributed by atoms with E-state index in [0.717, 1.165) is 35.0 Å². The summed E-state index contributed by atoms with van der Waals surface area (Å²) in [4.78, 5) is 19.8. The normalized spacial score (nSPS) is 15.5. The first-order valence-electron chi connectivity index (χ1n) is 11.7. The van der Waals surface area contributed by atoms with Gasteiger partial charge in [-0.2, -0.15) is 0 Å². The van der Waals surface area contributed by atoms with Gasteiger partial charge in [0.15, 0.2) is 11.6 Å². The molecule has 6 nitrogen and oxygen atoms in total. The Hall–Kier alpha value is -3.36. The van der Waals surface area contributed by atoms with E-state index in [4.69, 9.17) is 4.74 Å². The third kappa shape index (κ3) is 6.61. The molecule has 1 aromatic heterocycles. The van der Waals surface area contributed by atoms with Crippen molar-refractivity contribution in [1.29, 1.82) is 0 Å². The van der Waals surface area contributed by atoms with Crippen LogP contribution in [0.3, 0.4) is 0 Å². The fourth-order valence-corrected chi connectivity index (χ4v) is 4.30. The summed E-state index contributed by atoms with van der Waals surface area (Å²) in [6.07, 6.45) is 3.07. The van der Waals surface area contributed by atoms with Gasteiger partial charge in [0, 0.05) is 24.7 Å². The minimum Gasteiger partial charge on any atom is -0.489 e. The van der Waals surface area contributed by atoms with E-state index < -0.39 is 17.7 Å². The number of aromatic nitrogens is 1. The summed E-state index contributed by atoms with van der Waals surface area (Å²) in [7, 11) is 0. The number of nitrogens with zero attached hydrogens (tertiary/aromatic N) is 2. The molecular weight excluding hydrogens is 452 g/mol. The number of aliphatic hydroxyl groups is 1. The molecule has 4 rings (SSSR count). The van der Waals surface area contributed by atoms with Gasteiger partial charge in [-0.1, -0.05) is 30.3 Å². The molecule has 0 bridgehead atoms. The zero-order valence-corrected chi connectivity index (χ0v) is 19.4. The molecule has 1 unspecified atom stereocenters. The quantitative estimate of drug-likeness (QED) is 0.486. The number of aliphatic hydroxyl groups excluding tert-OH is 1. The van der Waals surface area contributed by atoms with E-state index in [0.29, 0.717) is 32.5 Å². The van der Waals surface area contributed by atoms with Crippen LogP contribution in [0.1, 0.15) is 35.7 Å². The predicted molar refractivity (Wildman–Crippen MR) is 128 cm³/mol. The molecule has 0 aliphatic carbocycles. The highest BCUT2D eigenvalue weighted by Gasteiger charge is 2.28. The lowest BCUT2D eigenvalue weighted by molar-refractivity contribution is -0.127. The Morgan fingerprint density at radius 1 is 1.11 bits per heavy atom. The maximum absolute atomic E-state index is 13.7. The van der Waals surface area contributed by atoms with Crippen LogP contribution >= 0.6 is 0 Å². The number of halogens is 2. The smallest absolute Gasteiger partial charge is 0.224 e. The molecule has 184 valence electrons. The van der Waals surface area contributed by atoms with Gasteiger partial charge < -0.3 is 15.2 Å². The van der Waals surface area contributed by atoms with Crippen molar-refractivity contribution in [2.75, 3.05) is 26.2 Å². The Balaban J connectivity index is 1.32. The summed E-state index contributed by atoms with van der Waals surface area (Å²) >= 11 is 0. The van der Waals surface area contributed by atoms with Crippen molar-refractivity contribution in [1.82, 2.24) is 15.2 Å². The van der Waals surface area contributed by atoms with E-state index in [-0.39, 0.29) is 30.8 Å². The largest absolute Gasteiger partial charge is 0.489 e. The maximum Gasteiger partial charge on any atom is 0.224 e. The van der Waals surface area contributed by atoms with Crippen molar-refractivity contribution in [3.05, 3.63) is 95.3 Å². The van der Waals surface area contributed by atoms with Crippen LogP contribution in [0.4, 0.5) is 8.78 Å². The number of ether oxygens (including phenoxy) is 1. The van der Waals surface area contributed by atoms with Gasteiger partial charge in [-0.3, -0.25) is 14.7 Å². The molecule has 0 radical (unpaired) electrons. The number of nitrogens with one attached hydrogen (secondary N) is 1. The SMILES string of the molecule is O=C(NC(c1cccc(CO)c1)c1ccccn1)C1CCN(CCOc2cc(F)ccc2F)CC1. The van der Waals surface area contributed by atoms with Crippen LogP contribution in [-0.2, 0) is 11.4 Å². The Labute approximate surface area is 203 Å². The lowest BCUT2D eigenvalue weighted by Gasteiger charge is -2.32. The molecule has 8 heteroatoms. The van der Waals surface area contributed by atoms with Crippen LogP contribution in [0.5, 0.6) is 5.75 Å². The second-order valence-electron chi connectivity index (χ2n) is 8.64. The minimum atomic E-state index is -0.589. The van der Waals surface area contributed by atoms with Gasteiger partial charge in [-0.15, -0.1) is 0 Å². The summed E-state index contributed by atoms with van der Waals surface area (Å²) in [5.74, 6) is -1.40. The zero-order chi connectivity index (χ0) is 24.6.